The van der Waals surface area contributed by atoms with Gasteiger partial charge in [-0.05, 0) is 48.6 Å². The van der Waals surface area contributed by atoms with E-state index in [1.807, 2.05) is 0 Å². The van der Waals surface area contributed by atoms with Crippen LogP contribution in [0.3, 0.4) is 0 Å². The summed E-state index contributed by atoms with van der Waals surface area (Å²) in [7, 11) is 0. The van der Waals surface area contributed by atoms with E-state index < -0.39 is 33.9 Å². The number of hydrogen-bond donors (Lipinski definition) is 1. The predicted octanol–water partition coefficient (Wildman–Crippen LogP) is 6.42. The van der Waals surface area contributed by atoms with Crippen molar-refractivity contribution in [1.82, 2.24) is 10.2 Å². The van der Waals surface area contributed by atoms with Gasteiger partial charge < -0.3 is 14.2 Å². The molecule has 1 amide bonds. The van der Waals surface area contributed by atoms with Crippen LogP contribution in [0.5, 0.6) is 0 Å². The van der Waals surface area contributed by atoms with Crippen molar-refractivity contribution >= 4 is 63.9 Å². The van der Waals surface area contributed by atoms with Crippen molar-refractivity contribution in [2.24, 2.45) is 0 Å². The van der Waals surface area contributed by atoms with Gasteiger partial charge in [-0.15, -0.1) is 0 Å². The van der Waals surface area contributed by atoms with Crippen molar-refractivity contribution in [3.63, 3.8) is 0 Å². The highest BCUT2D eigenvalue weighted by molar-refractivity contribution is 7.80. The molecule has 0 radical (unpaired) electrons. The van der Waals surface area contributed by atoms with Crippen LogP contribution in [0.4, 0.5) is 24.5 Å². The molecule has 1 aliphatic rings. The maximum absolute atomic E-state index is 13.6. The zero-order chi connectivity index (χ0) is 28.3. The number of carbonyl (C=O) groups is 1. The van der Waals surface area contributed by atoms with Crippen molar-refractivity contribution in [2.45, 2.75) is 6.18 Å². The number of alkyl halides is 3. The number of amides is 1. The molecule has 0 bridgehead atoms. The van der Waals surface area contributed by atoms with Crippen LogP contribution in [0, 0.1) is 10.1 Å². The fourth-order valence-corrected chi connectivity index (χ4v) is 4.71. The second-order valence-corrected chi connectivity index (χ2v) is 9.51. The monoisotopic (exact) mass is 598 g/mol. The van der Waals surface area contributed by atoms with Gasteiger partial charge in [-0.25, -0.2) is 0 Å². The Balaban J connectivity index is 1.37. The van der Waals surface area contributed by atoms with E-state index in [-0.39, 0.29) is 31.3 Å². The molecule has 4 rings (SSSR count). The van der Waals surface area contributed by atoms with Gasteiger partial charge in [0.2, 0.25) is 5.91 Å². The molecule has 39 heavy (non-hydrogen) atoms. The maximum atomic E-state index is 13.6. The summed E-state index contributed by atoms with van der Waals surface area (Å²) < 4.78 is 46.4. The number of thiocarbonyl (C=S) groups is 1. The molecule has 0 unspecified atom stereocenters. The number of nitro benzene ring substituents is 1. The van der Waals surface area contributed by atoms with Gasteiger partial charge in [-0.1, -0.05) is 35.3 Å². The number of benzene rings is 2. The van der Waals surface area contributed by atoms with Gasteiger partial charge in [0.05, 0.1) is 20.5 Å². The van der Waals surface area contributed by atoms with Crippen LogP contribution in [0.15, 0.2) is 59.0 Å². The first-order valence-corrected chi connectivity index (χ1v) is 12.5. The largest absolute Gasteiger partial charge is 0.457 e. The Labute approximate surface area is 235 Å². The molecule has 0 saturated carbocycles. The molecule has 1 aromatic heterocycles. The topological polar surface area (TPSA) is 91.9 Å². The van der Waals surface area contributed by atoms with Crippen molar-refractivity contribution in [3.8, 4) is 11.3 Å². The summed E-state index contributed by atoms with van der Waals surface area (Å²) in [5, 5.41) is 14.7. The van der Waals surface area contributed by atoms with E-state index in [9.17, 15) is 28.1 Å². The van der Waals surface area contributed by atoms with Crippen molar-refractivity contribution in [3.05, 3.63) is 86.1 Å². The zero-order valence-electron chi connectivity index (χ0n) is 19.9. The number of halogens is 5. The number of carbonyl (C=O) groups excluding carboxylic acids is 1. The number of nitrogens with one attached hydrogen (secondary N) is 1. The molecule has 1 N–H and O–H groups in total. The van der Waals surface area contributed by atoms with E-state index in [2.05, 4.69) is 5.32 Å². The minimum atomic E-state index is -4.76. The fraction of sp³-hybridized carbons (Fsp3) is 0.200. The lowest BCUT2D eigenvalue weighted by Crippen LogP contribution is -2.52. The minimum Gasteiger partial charge on any atom is -0.457 e. The van der Waals surface area contributed by atoms with Gasteiger partial charge in [-0.3, -0.25) is 20.2 Å². The molecule has 2 heterocycles. The van der Waals surface area contributed by atoms with Crippen molar-refractivity contribution in [1.29, 1.82) is 0 Å². The van der Waals surface area contributed by atoms with Gasteiger partial charge in [0.15, 0.2) is 5.11 Å². The molecule has 1 fully saturated rings. The highest BCUT2D eigenvalue weighted by atomic mass is 35.5. The summed E-state index contributed by atoms with van der Waals surface area (Å²) in [6.07, 6.45) is -2.11. The van der Waals surface area contributed by atoms with E-state index in [4.69, 9.17) is 39.8 Å². The number of hydrogen-bond acceptors (Lipinski definition) is 6. The maximum Gasteiger partial charge on any atom is 0.418 e. The number of para-hydroxylation sites is 1. The first-order valence-electron chi connectivity index (χ1n) is 11.4. The molecular formula is C25H19Cl2F3N4O4S. The highest BCUT2D eigenvalue weighted by Crippen LogP contribution is 2.42. The van der Waals surface area contributed by atoms with Crippen LogP contribution in [0.25, 0.3) is 17.4 Å². The molecule has 1 aliphatic heterocycles. The number of furan rings is 1. The summed E-state index contributed by atoms with van der Waals surface area (Å²) in [6.45, 7) is 0.351. The second kappa shape index (κ2) is 11.6. The predicted molar refractivity (Wildman–Crippen MR) is 146 cm³/mol. The Morgan fingerprint density at radius 2 is 1.77 bits per heavy atom. The highest BCUT2D eigenvalue weighted by Gasteiger charge is 2.39. The quantitative estimate of drug-likeness (QED) is 0.157. The normalized spacial score (nSPS) is 14.1. The van der Waals surface area contributed by atoms with Gasteiger partial charge in [-0.2, -0.15) is 13.2 Å². The van der Waals surface area contributed by atoms with Gasteiger partial charge in [0, 0.05) is 43.9 Å². The van der Waals surface area contributed by atoms with E-state index in [1.165, 1.54) is 17.1 Å². The van der Waals surface area contributed by atoms with Crippen molar-refractivity contribution < 1.29 is 27.3 Å². The molecule has 204 valence electrons. The third-order valence-corrected chi connectivity index (χ3v) is 7.05. The molecule has 3 aromatic rings. The smallest absolute Gasteiger partial charge is 0.418 e. The van der Waals surface area contributed by atoms with Crippen LogP contribution < -0.4 is 10.2 Å². The average molecular weight is 599 g/mol. The van der Waals surface area contributed by atoms with Gasteiger partial charge >= 0.3 is 6.18 Å². The average Bonchev–Trinajstić information content (AvgIpc) is 3.37. The fourth-order valence-electron chi connectivity index (χ4n) is 4.04. The van der Waals surface area contributed by atoms with Crippen LogP contribution in [-0.2, 0) is 11.0 Å². The van der Waals surface area contributed by atoms with E-state index in [0.717, 1.165) is 18.2 Å². The Morgan fingerprint density at radius 1 is 1.08 bits per heavy atom. The molecular weight excluding hydrogens is 580 g/mol. The van der Waals surface area contributed by atoms with Gasteiger partial charge in [0.1, 0.15) is 17.2 Å². The Kier molecular flexibility index (Phi) is 8.48. The van der Waals surface area contributed by atoms with Crippen LogP contribution in [0.2, 0.25) is 10.0 Å². The second-order valence-electron chi connectivity index (χ2n) is 8.33. The molecule has 14 heteroatoms. The first-order chi connectivity index (χ1) is 18.5. The lowest BCUT2D eigenvalue weighted by atomic mass is 10.1. The van der Waals surface area contributed by atoms with Crippen LogP contribution in [-0.4, -0.2) is 47.0 Å². The number of piperazine rings is 1. The van der Waals surface area contributed by atoms with Gasteiger partial charge in [0.25, 0.3) is 5.69 Å². The zero-order valence-corrected chi connectivity index (χ0v) is 22.2. The first kappa shape index (κ1) is 28.4. The third-order valence-electron chi connectivity index (χ3n) is 5.87. The molecule has 1 saturated heterocycles. The minimum absolute atomic E-state index is 0.0288. The molecule has 0 spiro atoms. The Morgan fingerprint density at radius 3 is 2.44 bits per heavy atom. The molecule has 8 nitrogen and oxygen atoms in total. The number of nitro groups is 1. The van der Waals surface area contributed by atoms with E-state index in [0.29, 0.717) is 27.1 Å². The standard InChI is InChI=1S/C25H19Cl2F3N4O4S/c26-18-5-1-3-16(22(18)27)20-9-7-15(38-20)8-10-21(35)31-24(39)33-13-11-32(12-14-33)23-17(25(28,29)30)4-2-6-19(23)34(36)37/h1-10H,11-14H2,(H,31,35,39). The van der Waals surface area contributed by atoms with E-state index in [1.54, 1.807) is 35.2 Å². The number of anilines is 1. The third kappa shape index (κ3) is 6.52. The lowest BCUT2D eigenvalue weighted by molar-refractivity contribution is -0.384. The summed E-state index contributed by atoms with van der Waals surface area (Å²) in [5.74, 6) is 0.295. The Hall–Kier alpha value is -3.61. The SMILES string of the molecule is O=C(C=Cc1ccc(-c2cccc(Cl)c2Cl)o1)NC(=S)N1CCN(c2c([N+](=O)[O-])cccc2C(F)(F)F)CC1. The Bertz CT molecular complexity index is 1450. The number of nitrogens with zero attached hydrogens (tertiary/aromatic N) is 3. The number of rotatable bonds is 5. The summed E-state index contributed by atoms with van der Waals surface area (Å²) in [5.41, 5.74) is -1.59. The van der Waals surface area contributed by atoms with Crippen molar-refractivity contribution in [2.75, 3.05) is 31.1 Å². The molecule has 0 aliphatic carbocycles. The summed E-state index contributed by atoms with van der Waals surface area (Å²) in [4.78, 5) is 25.9. The summed E-state index contributed by atoms with van der Waals surface area (Å²) >= 11 is 17.5. The molecule has 0 atom stereocenters. The van der Waals surface area contributed by atoms with E-state index >= 15 is 0 Å². The van der Waals surface area contributed by atoms with Crippen LogP contribution >= 0.6 is 35.4 Å². The lowest BCUT2D eigenvalue weighted by Gasteiger charge is -2.37. The van der Waals surface area contributed by atoms with Crippen LogP contribution in [0.1, 0.15) is 11.3 Å². The summed E-state index contributed by atoms with van der Waals surface area (Å²) in [6, 6.07) is 11.3. The molecule has 2 aromatic carbocycles.